The molecule has 4 rings (SSSR count). The van der Waals surface area contributed by atoms with E-state index < -0.39 is 5.97 Å². The van der Waals surface area contributed by atoms with Crippen LogP contribution < -0.4 is 9.64 Å². The van der Waals surface area contributed by atoms with Crippen LogP contribution in [0.15, 0.2) is 73.1 Å². The lowest BCUT2D eigenvalue weighted by atomic mass is 10.2. The predicted molar refractivity (Wildman–Crippen MR) is 104 cm³/mol. The number of rotatable bonds is 5. The maximum Gasteiger partial charge on any atom is 0.342 e. The van der Waals surface area contributed by atoms with E-state index in [0.29, 0.717) is 18.0 Å². The number of anilines is 1. The first-order chi connectivity index (χ1) is 13.7. The van der Waals surface area contributed by atoms with E-state index >= 15 is 0 Å². The van der Waals surface area contributed by atoms with Crippen LogP contribution in [-0.2, 0) is 16.0 Å². The van der Waals surface area contributed by atoms with E-state index in [1.165, 1.54) is 0 Å². The number of hydrogen-bond donors (Lipinski definition) is 0. The Hall–Kier alpha value is -3.67. The Balaban J connectivity index is 1.43. The van der Waals surface area contributed by atoms with Gasteiger partial charge in [0, 0.05) is 18.4 Å². The van der Waals surface area contributed by atoms with Gasteiger partial charge in [0.05, 0.1) is 6.20 Å². The quantitative estimate of drug-likeness (QED) is 0.638. The standard InChI is InChI=1S/C22H18N2O4/c25-21(24-13-11-16-6-1-3-9-19(16)24)15-27-22(26)18-8-2-4-10-20(18)28-17-7-5-12-23-14-17/h1-10,12,14H,11,13,15H2. The van der Waals surface area contributed by atoms with Gasteiger partial charge in [0.15, 0.2) is 6.61 Å². The second-order valence-corrected chi connectivity index (χ2v) is 6.29. The molecule has 3 aromatic rings. The number of hydrogen-bond acceptors (Lipinski definition) is 5. The van der Waals surface area contributed by atoms with E-state index in [1.807, 2.05) is 24.3 Å². The minimum Gasteiger partial charge on any atom is -0.455 e. The normalized spacial score (nSPS) is 12.4. The maximum atomic E-state index is 12.5. The summed E-state index contributed by atoms with van der Waals surface area (Å²) in [4.78, 5) is 30.7. The molecule has 1 aliphatic rings. The first-order valence-electron chi connectivity index (χ1n) is 8.94. The molecule has 1 aromatic heterocycles. The van der Waals surface area contributed by atoms with Crippen LogP contribution in [-0.4, -0.2) is 30.0 Å². The van der Waals surface area contributed by atoms with Crippen LogP contribution in [0.25, 0.3) is 0 Å². The summed E-state index contributed by atoms with van der Waals surface area (Å²) in [5, 5.41) is 0. The number of esters is 1. The lowest BCUT2D eigenvalue weighted by molar-refractivity contribution is -0.121. The molecular formula is C22H18N2O4. The zero-order valence-corrected chi connectivity index (χ0v) is 15.1. The molecule has 0 saturated carbocycles. The summed E-state index contributed by atoms with van der Waals surface area (Å²) in [5.74, 6) is -0.00347. The fraction of sp³-hybridized carbons (Fsp3) is 0.136. The average Bonchev–Trinajstić information content (AvgIpc) is 3.17. The fourth-order valence-electron chi connectivity index (χ4n) is 3.14. The van der Waals surface area contributed by atoms with Crippen molar-refractivity contribution < 1.29 is 19.1 Å². The molecule has 0 atom stereocenters. The minimum absolute atomic E-state index is 0.246. The van der Waals surface area contributed by atoms with Gasteiger partial charge in [-0.3, -0.25) is 9.78 Å². The van der Waals surface area contributed by atoms with Crippen molar-refractivity contribution >= 4 is 17.6 Å². The third-order valence-electron chi connectivity index (χ3n) is 4.48. The van der Waals surface area contributed by atoms with Crippen molar-refractivity contribution in [2.24, 2.45) is 0 Å². The topological polar surface area (TPSA) is 68.7 Å². The predicted octanol–water partition coefficient (Wildman–Crippen LogP) is 3.62. The van der Waals surface area contributed by atoms with Crippen LogP contribution in [0.3, 0.4) is 0 Å². The lowest BCUT2D eigenvalue weighted by Gasteiger charge is -2.17. The van der Waals surface area contributed by atoms with E-state index in [0.717, 1.165) is 17.7 Å². The molecule has 6 heteroatoms. The highest BCUT2D eigenvalue weighted by atomic mass is 16.5. The number of benzene rings is 2. The number of pyridine rings is 1. The number of carbonyl (C=O) groups is 2. The van der Waals surface area contributed by atoms with Crippen molar-refractivity contribution in [2.45, 2.75) is 6.42 Å². The molecule has 0 N–H and O–H groups in total. The Morgan fingerprint density at radius 2 is 1.82 bits per heavy atom. The van der Waals surface area contributed by atoms with Crippen LogP contribution in [0.5, 0.6) is 11.5 Å². The highest BCUT2D eigenvalue weighted by molar-refractivity contribution is 5.99. The summed E-state index contributed by atoms with van der Waals surface area (Å²) < 4.78 is 11.0. The van der Waals surface area contributed by atoms with Crippen LogP contribution in [0.1, 0.15) is 15.9 Å². The third kappa shape index (κ3) is 3.71. The van der Waals surface area contributed by atoms with Crippen molar-refractivity contribution in [1.82, 2.24) is 4.98 Å². The Morgan fingerprint density at radius 1 is 1.00 bits per heavy atom. The number of ether oxygens (including phenoxy) is 2. The van der Waals surface area contributed by atoms with Crippen molar-refractivity contribution in [3.63, 3.8) is 0 Å². The van der Waals surface area contributed by atoms with E-state index in [9.17, 15) is 9.59 Å². The molecule has 140 valence electrons. The highest BCUT2D eigenvalue weighted by Crippen LogP contribution is 2.28. The Labute approximate surface area is 162 Å². The molecule has 0 unspecified atom stereocenters. The zero-order chi connectivity index (χ0) is 19.3. The Bertz CT molecular complexity index is 1000. The molecule has 0 aliphatic carbocycles. The first-order valence-corrected chi connectivity index (χ1v) is 8.94. The van der Waals surface area contributed by atoms with Crippen molar-refractivity contribution in [2.75, 3.05) is 18.1 Å². The third-order valence-corrected chi connectivity index (χ3v) is 4.48. The molecule has 28 heavy (non-hydrogen) atoms. The summed E-state index contributed by atoms with van der Waals surface area (Å²) in [7, 11) is 0. The second-order valence-electron chi connectivity index (χ2n) is 6.29. The van der Waals surface area contributed by atoms with Crippen LogP contribution in [0.2, 0.25) is 0 Å². The molecule has 0 spiro atoms. The lowest BCUT2D eigenvalue weighted by Crippen LogP contribution is -2.33. The Kier molecular flexibility index (Phi) is 5.01. The van der Waals surface area contributed by atoms with Crippen molar-refractivity contribution in [3.05, 3.63) is 84.2 Å². The van der Waals surface area contributed by atoms with Crippen LogP contribution in [0.4, 0.5) is 5.69 Å². The van der Waals surface area contributed by atoms with Gasteiger partial charge in [-0.05, 0) is 42.3 Å². The minimum atomic E-state index is -0.611. The van der Waals surface area contributed by atoms with Crippen LogP contribution >= 0.6 is 0 Å². The van der Waals surface area contributed by atoms with Gasteiger partial charge in [0.25, 0.3) is 5.91 Å². The van der Waals surface area contributed by atoms with Gasteiger partial charge < -0.3 is 14.4 Å². The number of nitrogens with zero attached hydrogens (tertiary/aromatic N) is 2. The monoisotopic (exact) mass is 374 g/mol. The van der Waals surface area contributed by atoms with Gasteiger partial charge in [-0.1, -0.05) is 30.3 Å². The van der Waals surface area contributed by atoms with E-state index in [2.05, 4.69) is 4.98 Å². The highest BCUT2D eigenvalue weighted by Gasteiger charge is 2.25. The van der Waals surface area contributed by atoms with E-state index in [4.69, 9.17) is 9.47 Å². The van der Waals surface area contributed by atoms with Gasteiger partial charge in [0.2, 0.25) is 0 Å². The number of para-hydroxylation sites is 2. The van der Waals surface area contributed by atoms with Gasteiger partial charge in [-0.25, -0.2) is 4.79 Å². The summed E-state index contributed by atoms with van der Waals surface area (Å²) in [6.45, 7) is 0.269. The summed E-state index contributed by atoms with van der Waals surface area (Å²) in [6, 6.07) is 18.0. The molecule has 6 nitrogen and oxygen atoms in total. The van der Waals surface area contributed by atoms with Crippen molar-refractivity contribution in [3.8, 4) is 11.5 Å². The molecule has 0 radical (unpaired) electrons. The molecular weight excluding hydrogens is 356 g/mol. The SMILES string of the molecule is O=C(OCC(=O)N1CCc2ccccc21)c1ccccc1Oc1cccnc1. The largest absolute Gasteiger partial charge is 0.455 e. The number of carbonyl (C=O) groups excluding carboxylic acids is 2. The molecule has 2 aromatic carbocycles. The first kappa shape index (κ1) is 17.7. The van der Waals surface area contributed by atoms with Gasteiger partial charge in [-0.15, -0.1) is 0 Å². The van der Waals surface area contributed by atoms with Gasteiger partial charge >= 0.3 is 5.97 Å². The summed E-state index contributed by atoms with van der Waals surface area (Å²) >= 11 is 0. The molecule has 2 heterocycles. The van der Waals surface area contributed by atoms with E-state index in [1.54, 1.807) is 53.7 Å². The zero-order valence-electron chi connectivity index (χ0n) is 15.1. The second kappa shape index (κ2) is 7.92. The summed E-state index contributed by atoms with van der Waals surface area (Å²) in [6.07, 6.45) is 3.99. The summed E-state index contributed by atoms with van der Waals surface area (Å²) in [5.41, 5.74) is 2.25. The number of aromatic nitrogens is 1. The van der Waals surface area contributed by atoms with Crippen molar-refractivity contribution in [1.29, 1.82) is 0 Å². The smallest absolute Gasteiger partial charge is 0.342 e. The van der Waals surface area contributed by atoms with Gasteiger partial charge in [0.1, 0.15) is 17.1 Å². The van der Waals surface area contributed by atoms with Gasteiger partial charge in [-0.2, -0.15) is 0 Å². The molecule has 0 saturated heterocycles. The molecule has 1 amide bonds. The maximum absolute atomic E-state index is 12.5. The van der Waals surface area contributed by atoms with Crippen LogP contribution in [0, 0.1) is 0 Å². The molecule has 1 aliphatic heterocycles. The number of amides is 1. The fourth-order valence-corrected chi connectivity index (χ4v) is 3.14. The Morgan fingerprint density at radius 3 is 2.68 bits per heavy atom. The average molecular weight is 374 g/mol. The molecule has 0 bridgehead atoms. The molecule has 0 fully saturated rings. The van der Waals surface area contributed by atoms with E-state index in [-0.39, 0.29) is 18.1 Å². The number of fused-ring (bicyclic) bond motifs is 1.